The van der Waals surface area contributed by atoms with Crippen LogP contribution < -0.4 is 4.74 Å². The van der Waals surface area contributed by atoms with Crippen LogP contribution in [0.15, 0.2) is 18.2 Å². The van der Waals surface area contributed by atoms with Crippen molar-refractivity contribution in [1.82, 2.24) is 0 Å². The highest BCUT2D eigenvalue weighted by atomic mass is 16.5. The lowest BCUT2D eigenvalue weighted by Crippen LogP contribution is -1.95. The largest absolute Gasteiger partial charge is 0.496 e. The minimum Gasteiger partial charge on any atom is -0.496 e. The van der Waals surface area contributed by atoms with E-state index in [0.717, 1.165) is 25.4 Å². The average Bonchev–Trinajstić information content (AvgIpc) is 2.38. The molecule has 0 saturated heterocycles. The Morgan fingerprint density at radius 3 is 2.56 bits per heavy atom. The lowest BCUT2D eigenvalue weighted by Gasteiger charge is -2.09. The Morgan fingerprint density at radius 1 is 1.06 bits per heavy atom. The number of rotatable bonds is 9. The SMILES string of the molecule is CCOCCCCCCc1cc(C)ccc1OC. The molecule has 2 heteroatoms. The summed E-state index contributed by atoms with van der Waals surface area (Å²) in [7, 11) is 1.75. The molecule has 0 bridgehead atoms. The molecule has 0 aromatic heterocycles. The molecule has 0 aliphatic rings. The van der Waals surface area contributed by atoms with Gasteiger partial charge in [-0.3, -0.25) is 0 Å². The molecule has 0 aliphatic carbocycles. The summed E-state index contributed by atoms with van der Waals surface area (Å²) >= 11 is 0. The number of ether oxygens (including phenoxy) is 2. The molecule has 0 unspecified atom stereocenters. The molecule has 1 aromatic carbocycles. The maximum atomic E-state index is 5.39. The predicted octanol–water partition coefficient (Wildman–Crippen LogP) is 4.14. The quantitative estimate of drug-likeness (QED) is 0.613. The van der Waals surface area contributed by atoms with Gasteiger partial charge < -0.3 is 9.47 Å². The molecule has 0 aliphatic heterocycles. The molecule has 0 heterocycles. The molecule has 102 valence electrons. The summed E-state index contributed by atoms with van der Waals surface area (Å²) in [5.41, 5.74) is 2.64. The molecule has 0 saturated carbocycles. The zero-order valence-corrected chi connectivity index (χ0v) is 12.0. The molecule has 0 amide bonds. The van der Waals surface area contributed by atoms with Crippen LogP contribution in [-0.2, 0) is 11.2 Å². The smallest absolute Gasteiger partial charge is 0.122 e. The topological polar surface area (TPSA) is 18.5 Å². The van der Waals surface area contributed by atoms with E-state index in [0.29, 0.717) is 0 Å². The first-order valence-corrected chi connectivity index (χ1v) is 6.99. The van der Waals surface area contributed by atoms with Gasteiger partial charge in [0.1, 0.15) is 5.75 Å². The number of methoxy groups -OCH3 is 1. The van der Waals surface area contributed by atoms with Crippen molar-refractivity contribution >= 4 is 0 Å². The Hall–Kier alpha value is -1.02. The fraction of sp³-hybridized carbons (Fsp3) is 0.625. The molecule has 1 aromatic rings. The van der Waals surface area contributed by atoms with Gasteiger partial charge in [0.25, 0.3) is 0 Å². The van der Waals surface area contributed by atoms with Crippen LogP contribution in [0, 0.1) is 6.92 Å². The van der Waals surface area contributed by atoms with Gasteiger partial charge in [-0.1, -0.05) is 30.5 Å². The lowest BCUT2D eigenvalue weighted by molar-refractivity contribution is 0.143. The second kappa shape index (κ2) is 8.98. The third-order valence-corrected chi connectivity index (χ3v) is 3.12. The third-order valence-electron chi connectivity index (χ3n) is 3.12. The minimum atomic E-state index is 0.834. The second-order valence-corrected chi connectivity index (χ2v) is 4.68. The van der Waals surface area contributed by atoms with E-state index in [4.69, 9.17) is 9.47 Å². The summed E-state index contributed by atoms with van der Waals surface area (Å²) in [4.78, 5) is 0. The van der Waals surface area contributed by atoms with Gasteiger partial charge in [0.15, 0.2) is 0 Å². The Balaban J connectivity index is 2.24. The van der Waals surface area contributed by atoms with Gasteiger partial charge >= 0.3 is 0 Å². The van der Waals surface area contributed by atoms with Gasteiger partial charge in [0.05, 0.1) is 7.11 Å². The van der Waals surface area contributed by atoms with Crippen LogP contribution in [0.1, 0.15) is 43.7 Å². The minimum absolute atomic E-state index is 0.834. The van der Waals surface area contributed by atoms with Crippen LogP contribution in [0.5, 0.6) is 5.75 Å². The highest BCUT2D eigenvalue weighted by Gasteiger charge is 2.02. The van der Waals surface area contributed by atoms with Crippen molar-refractivity contribution in [3.63, 3.8) is 0 Å². The fourth-order valence-corrected chi connectivity index (χ4v) is 2.12. The van der Waals surface area contributed by atoms with E-state index in [2.05, 4.69) is 25.1 Å². The molecule has 0 radical (unpaired) electrons. The molecule has 0 fully saturated rings. The molecular formula is C16H26O2. The van der Waals surface area contributed by atoms with E-state index in [-0.39, 0.29) is 0 Å². The van der Waals surface area contributed by atoms with Crippen LogP contribution in [-0.4, -0.2) is 20.3 Å². The molecular weight excluding hydrogens is 224 g/mol. The van der Waals surface area contributed by atoms with Gasteiger partial charge in [-0.2, -0.15) is 0 Å². The number of unbranched alkanes of at least 4 members (excludes halogenated alkanes) is 3. The van der Waals surface area contributed by atoms with Crippen molar-refractivity contribution in [2.75, 3.05) is 20.3 Å². The van der Waals surface area contributed by atoms with E-state index in [1.165, 1.54) is 36.8 Å². The first-order valence-electron chi connectivity index (χ1n) is 6.99. The van der Waals surface area contributed by atoms with Crippen molar-refractivity contribution in [3.05, 3.63) is 29.3 Å². The van der Waals surface area contributed by atoms with Crippen LogP contribution in [0.2, 0.25) is 0 Å². The maximum absolute atomic E-state index is 5.39. The Morgan fingerprint density at radius 2 is 1.83 bits per heavy atom. The number of hydrogen-bond acceptors (Lipinski definition) is 2. The molecule has 0 N–H and O–H groups in total. The first-order chi connectivity index (χ1) is 8.77. The van der Waals surface area contributed by atoms with E-state index < -0.39 is 0 Å². The van der Waals surface area contributed by atoms with Crippen molar-refractivity contribution in [2.45, 2.75) is 46.0 Å². The summed E-state index contributed by atoms with van der Waals surface area (Å²) in [6.45, 7) is 5.92. The van der Waals surface area contributed by atoms with E-state index in [1.807, 2.05) is 6.92 Å². The Labute approximate surface area is 111 Å². The van der Waals surface area contributed by atoms with Gasteiger partial charge in [-0.05, 0) is 44.7 Å². The van der Waals surface area contributed by atoms with Gasteiger partial charge in [-0.15, -0.1) is 0 Å². The molecule has 0 atom stereocenters. The molecule has 0 spiro atoms. The summed E-state index contributed by atoms with van der Waals surface area (Å²) < 4.78 is 10.7. The highest BCUT2D eigenvalue weighted by molar-refractivity contribution is 5.36. The van der Waals surface area contributed by atoms with Crippen molar-refractivity contribution in [2.24, 2.45) is 0 Å². The van der Waals surface area contributed by atoms with E-state index in [9.17, 15) is 0 Å². The highest BCUT2D eigenvalue weighted by Crippen LogP contribution is 2.21. The second-order valence-electron chi connectivity index (χ2n) is 4.68. The standard InChI is InChI=1S/C16H26O2/c1-4-18-12-8-6-5-7-9-15-13-14(2)10-11-16(15)17-3/h10-11,13H,4-9,12H2,1-3H3. The van der Waals surface area contributed by atoms with Gasteiger partial charge in [0, 0.05) is 13.2 Å². The van der Waals surface area contributed by atoms with Crippen LogP contribution in [0.3, 0.4) is 0 Å². The van der Waals surface area contributed by atoms with E-state index in [1.54, 1.807) is 7.11 Å². The van der Waals surface area contributed by atoms with Gasteiger partial charge in [-0.25, -0.2) is 0 Å². The Kier molecular flexibility index (Phi) is 7.51. The van der Waals surface area contributed by atoms with Crippen molar-refractivity contribution < 1.29 is 9.47 Å². The summed E-state index contributed by atoms with van der Waals surface area (Å²) in [6.07, 6.45) is 6.04. The number of aryl methyl sites for hydroxylation is 2. The normalized spacial score (nSPS) is 10.6. The summed E-state index contributed by atoms with van der Waals surface area (Å²) in [5.74, 6) is 1.02. The zero-order chi connectivity index (χ0) is 13.2. The lowest BCUT2D eigenvalue weighted by atomic mass is 10.0. The monoisotopic (exact) mass is 250 g/mol. The van der Waals surface area contributed by atoms with Crippen LogP contribution in [0.4, 0.5) is 0 Å². The predicted molar refractivity (Wildman–Crippen MR) is 76.4 cm³/mol. The molecule has 2 nitrogen and oxygen atoms in total. The zero-order valence-electron chi connectivity index (χ0n) is 12.0. The van der Waals surface area contributed by atoms with Crippen LogP contribution in [0.25, 0.3) is 0 Å². The third kappa shape index (κ3) is 5.54. The molecule has 1 rings (SSSR count). The van der Waals surface area contributed by atoms with Gasteiger partial charge in [0.2, 0.25) is 0 Å². The van der Waals surface area contributed by atoms with Crippen LogP contribution >= 0.6 is 0 Å². The molecule has 18 heavy (non-hydrogen) atoms. The average molecular weight is 250 g/mol. The van der Waals surface area contributed by atoms with E-state index >= 15 is 0 Å². The van der Waals surface area contributed by atoms with Crippen molar-refractivity contribution in [3.8, 4) is 5.75 Å². The number of hydrogen-bond donors (Lipinski definition) is 0. The number of benzene rings is 1. The fourth-order valence-electron chi connectivity index (χ4n) is 2.12. The maximum Gasteiger partial charge on any atom is 0.122 e. The summed E-state index contributed by atoms with van der Waals surface area (Å²) in [6, 6.07) is 6.41. The first kappa shape index (κ1) is 15.0. The van der Waals surface area contributed by atoms with Crippen molar-refractivity contribution in [1.29, 1.82) is 0 Å². The Bertz CT molecular complexity index is 334. The summed E-state index contributed by atoms with van der Waals surface area (Å²) in [5, 5.41) is 0.